The van der Waals surface area contributed by atoms with Crippen LogP contribution < -0.4 is 4.98 Å². The third-order valence-corrected chi connectivity index (χ3v) is 1.24. The Morgan fingerprint density at radius 2 is 2.27 bits per heavy atom. The Bertz CT molecular complexity index is 296. The summed E-state index contributed by atoms with van der Waals surface area (Å²) < 4.78 is 0. The zero-order valence-corrected chi connectivity index (χ0v) is 6.17. The van der Waals surface area contributed by atoms with Gasteiger partial charge in [-0.3, -0.25) is 4.98 Å². The van der Waals surface area contributed by atoms with E-state index in [1.165, 1.54) is 0 Å². The van der Waals surface area contributed by atoms with Crippen LogP contribution in [0.3, 0.4) is 0 Å². The standard InChI is InChI=1S/C6H5N3.C2H4/c1-2-5-6(7-3-1)9-4-8-5;1-2/h1-4H,(H,7,8,9);1-2H2/p+1. The molecule has 2 heterocycles. The Morgan fingerprint density at radius 3 is 3.00 bits per heavy atom. The summed E-state index contributed by atoms with van der Waals surface area (Å²) in [6.07, 6.45) is 3.52. The highest BCUT2D eigenvalue weighted by atomic mass is 14.9. The lowest BCUT2D eigenvalue weighted by Gasteiger charge is -1.73. The number of aromatic nitrogens is 3. The third-order valence-electron chi connectivity index (χ3n) is 1.24. The van der Waals surface area contributed by atoms with Gasteiger partial charge in [0, 0.05) is 0 Å². The van der Waals surface area contributed by atoms with Gasteiger partial charge in [-0.25, -0.2) is 4.98 Å². The first-order valence-corrected chi connectivity index (χ1v) is 3.26. The van der Waals surface area contributed by atoms with E-state index in [1.807, 2.05) is 12.1 Å². The van der Waals surface area contributed by atoms with Gasteiger partial charge in [-0.2, -0.15) is 0 Å². The van der Waals surface area contributed by atoms with Crippen LogP contribution in [-0.2, 0) is 0 Å². The van der Waals surface area contributed by atoms with E-state index in [2.05, 4.69) is 28.1 Å². The molecule has 56 valence electrons. The minimum Gasteiger partial charge on any atom is -0.274 e. The molecule has 11 heavy (non-hydrogen) atoms. The average Bonchev–Trinajstić information content (AvgIpc) is 2.55. The van der Waals surface area contributed by atoms with Crippen molar-refractivity contribution in [2.45, 2.75) is 0 Å². The van der Waals surface area contributed by atoms with Crippen LogP contribution in [0.1, 0.15) is 0 Å². The van der Waals surface area contributed by atoms with Crippen LogP contribution in [-0.4, -0.2) is 9.97 Å². The van der Waals surface area contributed by atoms with Gasteiger partial charge in [-0.05, 0) is 12.1 Å². The Labute approximate surface area is 64.8 Å². The molecule has 3 heteroatoms. The van der Waals surface area contributed by atoms with E-state index in [-0.39, 0.29) is 0 Å². The summed E-state index contributed by atoms with van der Waals surface area (Å²) in [5.74, 6) is 0. The topological polar surface area (TPSA) is 42.8 Å². The van der Waals surface area contributed by atoms with Crippen LogP contribution in [0.2, 0.25) is 0 Å². The molecule has 0 bridgehead atoms. The van der Waals surface area contributed by atoms with E-state index >= 15 is 0 Å². The lowest BCUT2D eigenvalue weighted by molar-refractivity contribution is -0.347. The van der Waals surface area contributed by atoms with Crippen molar-refractivity contribution >= 4 is 11.2 Å². The van der Waals surface area contributed by atoms with Crippen LogP contribution in [0.5, 0.6) is 0 Å². The molecule has 0 saturated carbocycles. The molecule has 0 aliphatic heterocycles. The Kier molecular flexibility index (Phi) is 2.38. The highest BCUT2D eigenvalue weighted by molar-refractivity contribution is 5.64. The molecule has 3 nitrogen and oxygen atoms in total. The normalized spacial score (nSPS) is 8.73. The average molecular weight is 148 g/mol. The largest absolute Gasteiger partial charge is 0.299 e. The van der Waals surface area contributed by atoms with Crippen molar-refractivity contribution in [1.82, 2.24) is 9.97 Å². The summed E-state index contributed by atoms with van der Waals surface area (Å²) in [5, 5.41) is 0. The van der Waals surface area contributed by atoms with Crippen molar-refractivity contribution in [1.29, 1.82) is 0 Å². The van der Waals surface area contributed by atoms with Gasteiger partial charge < -0.3 is 0 Å². The van der Waals surface area contributed by atoms with E-state index in [0.717, 1.165) is 11.2 Å². The van der Waals surface area contributed by atoms with Crippen molar-refractivity contribution in [3.05, 3.63) is 37.8 Å². The number of H-pyrrole nitrogens is 2. The molecule has 0 atom stereocenters. The second-order valence-electron chi connectivity index (χ2n) is 1.83. The second kappa shape index (κ2) is 3.51. The fraction of sp³-hybridized carbons (Fsp3) is 0. The number of hydrogen-bond acceptors (Lipinski definition) is 1. The number of rotatable bonds is 0. The predicted molar refractivity (Wildman–Crippen MR) is 43.9 cm³/mol. The van der Waals surface area contributed by atoms with Crippen LogP contribution >= 0.6 is 0 Å². The predicted octanol–water partition coefficient (Wildman–Crippen LogP) is 1.18. The highest BCUT2D eigenvalue weighted by Crippen LogP contribution is 1.97. The van der Waals surface area contributed by atoms with Gasteiger partial charge in [0.05, 0.1) is 0 Å². The molecule has 0 spiro atoms. The van der Waals surface area contributed by atoms with Crippen molar-refractivity contribution in [3.8, 4) is 0 Å². The zero-order valence-electron chi connectivity index (χ0n) is 6.17. The number of hydrogen-bond donors (Lipinski definition) is 1. The third kappa shape index (κ3) is 1.43. The summed E-state index contributed by atoms with van der Waals surface area (Å²) in [4.78, 5) is 10.0. The minimum atomic E-state index is 0.900. The van der Waals surface area contributed by atoms with Gasteiger partial charge in [-0.1, -0.05) is 0 Å². The molecule has 0 radical (unpaired) electrons. The number of aromatic amines is 2. The van der Waals surface area contributed by atoms with Gasteiger partial charge in [-0.15, -0.1) is 18.1 Å². The maximum Gasteiger partial charge on any atom is 0.299 e. The molecule has 0 aliphatic rings. The number of nitrogens with zero attached hydrogens (tertiary/aromatic N) is 1. The molecule has 2 aromatic heterocycles. The van der Waals surface area contributed by atoms with E-state index in [0.29, 0.717) is 0 Å². The smallest absolute Gasteiger partial charge is 0.274 e. The molecular formula is C8H10N3+. The Balaban J connectivity index is 0.000000281. The first-order valence-electron chi connectivity index (χ1n) is 3.26. The minimum absolute atomic E-state index is 0.900. The summed E-state index contributed by atoms with van der Waals surface area (Å²) in [5.41, 5.74) is 1.94. The SMILES string of the molecule is C=C.c1cnc2[nH+]c[nH]c2c1. The molecule has 2 aromatic rings. The van der Waals surface area contributed by atoms with E-state index in [4.69, 9.17) is 0 Å². The summed E-state index contributed by atoms with van der Waals surface area (Å²) in [6, 6.07) is 3.87. The quantitative estimate of drug-likeness (QED) is 0.560. The number of pyridine rings is 1. The maximum atomic E-state index is 4.05. The van der Waals surface area contributed by atoms with Crippen molar-refractivity contribution in [2.24, 2.45) is 0 Å². The summed E-state index contributed by atoms with van der Waals surface area (Å²) in [6.45, 7) is 6.00. The summed E-state index contributed by atoms with van der Waals surface area (Å²) in [7, 11) is 0. The van der Waals surface area contributed by atoms with Gasteiger partial charge in [0.15, 0.2) is 11.8 Å². The molecule has 0 aliphatic carbocycles. The van der Waals surface area contributed by atoms with E-state index in [9.17, 15) is 0 Å². The second-order valence-corrected chi connectivity index (χ2v) is 1.83. The molecule has 2 rings (SSSR count). The summed E-state index contributed by atoms with van der Waals surface area (Å²) >= 11 is 0. The first kappa shape index (κ1) is 7.47. The lowest BCUT2D eigenvalue weighted by atomic mass is 10.4. The van der Waals surface area contributed by atoms with Crippen LogP contribution in [0.15, 0.2) is 37.8 Å². The Hall–Kier alpha value is -1.64. The van der Waals surface area contributed by atoms with Crippen LogP contribution in [0, 0.1) is 0 Å². The molecule has 0 saturated heterocycles. The lowest BCUT2D eigenvalue weighted by Crippen LogP contribution is -1.95. The molecule has 2 N–H and O–H groups in total. The number of imidazole rings is 1. The molecule has 0 aromatic carbocycles. The van der Waals surface area contributed by atoms with Crippen molar-refractivity contribution in [3.63, 3.8) is 0 Å². The monoisotopic (exact) mass is 148 g/mol. The van der Waals surface area contributed by atoms with Gasteiger partial charge in [0.2, 0.25) is 0 Å². The fourth-order valence-corrected chi connectivity index (χ4v) is 0.819. The van der Waals surface area contributed by atoms with Crippen LogP contribution in [0.25, 0.3) is 11.2 Å². The maximum absolute atomic E-state index is 4.05. The van der Waals surface area contributed by atoms with E-state index in [1.54, 1.807) is 12.5 Å². The molecular weight excluding hydrogens is 138 g/mol. The van der Waals surface area contributed by atoms with Gasteiger partial charge >= 0.3 is 0 Å². The van der Waals surface area contributed by atoms with Crippen LogP contribution in [0.4, 0.5) is 0 Å². The Morgan fingerprint density at radius 1 is 1.45 bits per heavy atom. The van der Waals surface area contributed by atoms with Crippen molar-refractivity contribution < 1.29 is 4.98 Å². The highest BCUT2D eigenvalue weighted by Gasteiger charge is 1.97. The fourth-order valence-electron chi connectivity index (χ4n) is 0.819. The molecule has 0 unspecified atom stereocenters. The zero-order chi connectivity index (χ0) is 8.10. The number of nitrogens with one attached hydrogen (secondary N) is 2. The van der Waals surface area contributed by atoms with Gasteiger partial charge in [0.25, 0.3) is 5.65 Å². The first-order chi connectivity index (χ1) is 5.47. The van der Waals surface area contributed by atoms with E-state index < -0.39 is 0 Å². The van der Waals surface area contributed by atoms with Crippen molar-refractivity contribution in [2.75, 3.05) is 0 Å². The van der Waals surface area contributed by atoms with Gasteiger partial charge in [0.1, 0.15) is 6.20 Å². The molecule has 0 fully saturated rings. The molecule has 0 amide bonds. The number of fused-ring (bicyclic) bond motifs is 1.